The van der Waals surface area contributed by atoms with Gasteiger partial charge in [-0.05, 0) is 45.0 Å². The summed E-state index contributed by atoms with van der Waals surface area (Å²) in [6.45, 7) is 4.18. The van der Waals surface area contributed by atoms with Gasteiger partial charge < -0.3 is 16.0 Å². The highest BCUT2D eigenvalue weighted by molar-refractivity contribution is 7.99. The molecule has 0 amide bonds. The van der Waals surface area contributed by atoms with E-state index < -0.39 is 0 Å². The van der Waals surface area contributed by atoms with E-state index in [4.69, 9.17) is 22.3 Å². The number of nitrogens with two attached hydrogens (primary N) is 1. The number of nitrogens with one attached hydrogen (secondary N) is 1. The van der Waals surface area contributed by atoms with E-state index in [1.54, 1.807) is 6.20 Å². The smallest absolute Gasteiger partial charge is 0.179 e. The Labute approximate surface area is 173 Å². The zero-order valence-corrected chi connectivity index (χ0v) is 17.4. The fourth-order valence-corrected chi connectivity index (χ4v) is 4.24. The maximum atomic E-state index is 6.22. The number of anilines is 2. The highest BCUT2D eigenvalue weighted by Gasteiger charge is 2.28. The number of hydrogen-bond acceptors (Lipinski definition) is 8. The Morgan fingerprint density at radius 1 is 1.18 bits per heavy atom. The van der Waals surface area contributed by atoms with Crippen molar-refractivity contribution in [3.8, 4) is 0 Å². The monoisotopic (exact) mass is 415 g/mol. The van der Waals surface area contributed by atoms with Crippen molar-refractivity contribution in [2.45, 2.75) is 35.2 Å². The average Bonchev–Trinajstić information content (AvgIpc) is 2.72. The van der Waals surface area contributed by atoms with Crippen LogP contribution in [0.5, 0.6) is 0 Å². The molecule has 0 unspecified atom stereocenters. The summed E-state index contributed by atoms with van der Waals surface area (Å²) in [6, 6.07) is 5.69. The summed E-state index contributed by atoms with van der Waals surface area (Å²) in [5.74, 6) is 1.21. The Hall–Kier alpha value is -2.16. The minimum Gasteiger partial charge on any atom is -0.382 e. The molecule has 3 aromatic heterocycles. The number of nitrogens with zero attached hydrogens (tertiary/aromatic N) is 5. The zero-order chi connectivity index (χ0) is 19.7. The number of hydrogen-bond donors (Lipinski definition) is 2. The van der Waals surface area contributed by atoms with E-state index in [0.717, 1.165) is 47.2 Å². The number of nitrogen functional groups attached to an aromatic ring is 1. The lowest BCUT2D eigenvalue weighted by atomic mass is 9.90. The first kappa shape index (κ1) is 19.2. The Morgan fingerprint density at radius 2 is 1.96 bits per heavy atom. The summed E-state index contributed by atoms with van der Waals surface area (Å²) in [5, 5.41) is 4.64. The molecule has 4 rings (SSSR count). The number of halogens is 1. The minimum absolute atomic E-state index is 0.200. The Morgan fingerprint density at radius 3 is 2.71 bits per heavy atom. The molecule has 146 valence electrons. The third-order valence-corrected chi connectivity index (χ3v) is 6.76. The van der Waals surface area contributed by atoms with E-state index in [1.807, 2.05) is 31.4 Å². The number of rotatable bonds is 4. The lowest BCUT2D eigenvalue weighted by Gasteiger charge is -2.39. The quantitative estimate of drug-likeness (QED) is 0.669. The number of fused-ring (bicyclic) bond motifs is 1. The van der Waals surface area contributed by atoms with E-state index in [0.29, 0.717) is 16.5 Å². The number of pyridine rings is 2. The van der Waals surface area contributed by atoms with Gasteiger partial charge in [0.2, 0.25) is 0 Å². The molecule has 0 aromatic carbocycles. The molecular formula is C19H22ClN7S. The number of aromatic nitrogens is 4. The molecule has 1 saturated heterocycles. The topological polar surface area (TPSA) is 92.8 Å². The molecule has 7 nitrogen and oxygen atoms in total. The second-order valence-corrected chi connectivity index (χ2v) is 8.57. The molecule has 1 aliphatic heterocycles. The molecule has 0 spiro atoms. The summed E-state index contributed by atoms with van der Waals surface area (Å²) in [6.07, 6.45) is 5.59. The molecule has 28 heavy (non-hydrogen) atoms. The van der Waals surface area contributed by atoms with Gasteiger partial charge in [-0.2, -0.15) is 0 Å². The van der Waals surface area contributed by atoms with Crippen molar-refractivity contribution in [2.24, 2.45) is 0 Å². The van der Waals surface area contributed by atoms with E-state index in [9.17, 15) is 0 Å². The van der Waals surface area contributed by atoms with E-state index in [-0.39, 0.29) is 5.54 Å². The fraction of sp³-hybridized carbons (Fsp3) is 0.368. The van der Waals surface area contributed by atoms with Crippen LogP contribution < -0.4 is 16.0 Å². The van der Waals surface area contributed by atoms with E-state index in [2.05, 4.69) is 32.1 Å². The van der Waals surface area contributed by atoms with E-state index in [1.165, 1.54) is 11.8 Å². The second-order valence-electron chi connectivity index (χ2n) is 7.13. The van der Waals surface area contributed by atoms with E-state index >= 15 is 0 Å². The van der Waals surface area contributed by atoms with Gasteiger partial charge in [-0.15, -0.1) is 0 Å². The lowest BCUT2D eigenvalue weighted by Crippen LogP contribution is -2.50. The summed E-state index contributed by atoms with van der Waals surface area (Å²) < 4.78 is 0. The first-order valence-corrected chi connectivity index (χ1v) is 10.3. The summed E-state index contributed by atoms with van der Waals surface area (Å²) in [7, 11) is 2.03. The van der Waals surface area contributed by atoms with Crippen molar-refractivity contribution in [3.63, 3.8) is 0 Å². The van der Waals surface area contributed by atoms with Gasteiger partial charge in [0.25, 0.3) is 0 Å². The van der Waals surface area contributed by atoms with Crippen molar-refractivity contribution >= 4 is 46.2 Å². The molecule has 0 saturated carbocycles. The van der Waals surface area contributed by atoms with Crippen LogP contribution in [0.25, 0.3) is 11.2 Å². The summed E-state index contributed by atoms with van der Waals surface area (Å²) in [4.78, 5) is 21.0. The van der Waals surface area contributed by atoms with Gasteiger partial charge in [-0.25, -0.2) is 19.9 Å². The Kier molecular flexibility index (Phi) is 5.27. The van der Waals surface area contributed by atoms with Gasteiger partial charge in [0.15, 0.2) is 5.65 Å². The molecule has 1 fully saturated rings. The van der Waals surface area contributed by atoms with Crippen molar-refractivity contribution in [1.29, 1.82) is 0 Å². The zero-order valence-electron chi connectivity index (χ0n) is 15.8. The third-order valence-electron chi connectivity index (χ3n) is 5.26. The Bertz CT molecular complexity index is 1000. The van der Waals surface area contributed by atoms with Gasteiger partial charge in [0, 0.05) is 29.7 Å². The third kappa shape index (κ3) is 3.85. The van der Waals surface area contributed by atoms with Crippen LogP contribution in [0.15, 0.2) is 40.5 Å². The molecule has 0 bridgehead atoms. The predicted molar refractivity (Wildman–Crippen MR) is 114 cm³/mol. The van der Waals surface area contributed by atoms with Crippen molar-refractivity contribution in [2.75, 3.05) is 30.8 Å². The highest BCUT2D eigenvalue weighted by Crippen LogP contribution is 2.35. The van der Waals surface area contributed by atoms with Gasteiger partial charge in [0.05, 0.1) is 11.2 Å². The molecule has 3 N–H and O–H groups in total. The largest absolute Gasteiger partial charge is 0.382 e. The molecule has 1 aliphatic rings. The SMILES string of the molecule is CNC1(C)CCN(c2cnc3nc(Sc4ccnc(N)c4Cl)ccc3n2)CC1. The van der Waals surface area contributed by atoms with Gasteiger partial charge in [-0.3, -0.25) is 0 Å². The van der Waals surface area contributed by atoms with Gasteiger partial charge in [-0.1, -0.05) is 23.4 Å². The van der Waals surface area contributed by atoms with Crippen LogP contribution in [-0.4, -0.2) is 45.6 Å². The molecular weight excluding hydrogens is 394 g/mol. The van der Waals surface area contributed by atoms with Gasteiger partial charge >= 0.3 is 0 Å². The highest BCUT2D eigenvalue weighted by atomic mass is 35.5. The lowest BCUT2D eigenvalue weighted by molar-refractivity contribution is 0.304. The molecule has 4 heterocycles. The molecule has 0 radical (unpaired) electrons. The normalized spacial score (nSPS) is 16.5. The van der Waals surface area contributed by atoms with Crippen LogP contribution in [-0.2, 0) is 0 Å². The standard InChI is InChI=1S/C19H22ClN7S/c1-19(22-2)6-9-27(10-7-19)14-11-24-18-12(25-14)3-4-15(26-18)28-13-5-8-23-17(21)16(13)20/h3-5,8,11,22H,6-7,9-10H2,1-2H3,(H2,21,23). The molecule has 0 aliphatic carbocycles. The molecule has 0 atom stereocenters. The van der Waals surface area contributed by atoms with Crippen LogP contribution in [0.4, 0.5) is 11.6 Å². The predicted octanol–water partition coefficient (Wildman–Crippen LogP) is 3.38. The Balaban J connectivity index is 1.54. The maximum absolute atomic E-state index is 6.22. The second kappa shape index (κ2) is 7.69. The van der Waals surface area contributed by atoms with Crippen LogP contribution in [0.2, 0.25) is 5.02 Å². The van der Waals surface area contributed by atoms with Crippen molar-refractivity contribution in [1.82, 2.24) is 25.3 Å². The van der Waals surface area contributed by atoms with Gasteiger partial charge in [0.1, 0.15) is 22.2 Å². The first-order chi connectivity index (χ1) is 13.5. The molecule has 3 aromatic rings. The summed E-state index contributed by atoms with van der Waals surface area (Å²) in [5.41, 5.74) is 7.37. The fourth-order valence-electron chi connectivity index (χ4n) is 3.20. The first-order valence-electron chi connectivity index (χ1n) is 9.13. The number of piperidine rings is 1. The van der Waals surface area contributed by atoms with Crippen molar-refractivity contribution in [3.05, 3.63) is 35.6 Å². The average molecular weight is 416 g/mol. The van der Waals surface area contributed by atoms with Crippen molar-refractivity contribution < 1.29 is 0 Å². The maximum Gasteiger partial charge on any atom is 0.179 e. The van der Waals surface area contributed by atoms with Crippen LogP contribution in [0.1, 0.15) is 19.8 Å². The summed E-state index contributed by atoms with van der Waals surface area (Å²) >= 11 is 7.65. The van der Waals surface area contributed by atoms with Crippen LogP contribution in [0.3, 0.4) is 0 Å². The van der Waals surface area contributed by atoms with Crippen LogP contribution >= 0.6 is 23.4 Å². The van der Waals surface area contributed by atoms with Crippen LogP contribution in [0, 0.1) is 0 Å². The minimum atomic E-state index is 0.200. The molecule has 9 heteroatoms.